The van der Waals surface area contributed by atoms with Crippen LogP contribution in [0.3, 0.4) is 0 Å². The van der Waals surface area contributed by atoms with Gasteiger partial charge in [-0.2, -0.15) is 0 Å². The fourth-order valence-electron chi connectivity index (χ4n) is 1.09. The number of Topliss-reactive ketones (excluding diaryl/α,β-unsaturated/α-hetero) is 1. The van der Waals surface area contributed by atoms with Crippen LogP contribution in [0.1, 0.15) is 20.3 Å². The van der Waals surface area contributed by atoms with Gasteiger partial charge >= 0.3 is 0 Å². The van der Waals surface area contributed by atoms with E-state index in [0.29, 0.717) is 12.9 Å². The van der Waals surface area contributed by atoms with E-state index in [1.165, 1.54) is 0 Å². The molecule has 0 unspecified atom stereocenters. The van der Waals surface area contributed by atoms with Gasteiger partial charge < -0.3 is 30.0 Å². The average Bonchev–Trinajstić information content (AvgIpc) is 2.54. The summed E-state index contributed by atoms with van der Waals surface area (Å²) in [5, 5.41) is 13.6. The maximum Gasteiger partial charge on any atom is 0.222 e. The third-order valence-electron chi connectivity index (χ3n) is 2.48. The number of rotatable bonds is 13. The van der Waals surface area contributed by atoms with E-state index in [-0.39, 0.29) is 75.6 Å². The van der Waals surface area contributed by atoms with Crippen LogP contribution in [0.15, 0.2) is 0 Å². The fourth-order valence-corrected chi connectivity index (χ4v) is 1.09. The number of aliphatic hydroxyl groups is 1. The van der Waals surface area contributed by atoms with Crippen molar-refractivity contribution in [1.29, 1.82) is 0 Å². The van der Waals surface area contributed by atoms with Crippen molar-refractivity contribution in [2.24, 2.45) is 5.92 Å². The standard InChI is InChI=1S/C8H17NO2.C7H13NO4.V/c1-7(2)8(10)6-11-5-4-9-3;9-3-2-8-7(11)1-5-12-6-4-10;/h7,9H,4-6H2,1-3H3;3,10H,1-2,4-6H2,(H,8,11);. The van der Waals surface area contributed by atoms with Gasteiger partial charge in [-0.1, -0.05) is 13.8 Å². The summed E-state index contributed by atoms with van der Waals surface area (Å²) in [6, 6.07) is 0. The predicted molar refractivity (Wildman–Crippen MR) is 86.2 cm³/mol. The van der Waals surface area contributed by atoms with E-state index in [0.717, 1.165) is 6.54 Å². The number of carbonyl (C=O) groups is 3. The zero-order chi connectivity index (χ0) is 17.9. The van der Waals surface area contributed by atoms with Gasteiger partial charge in [0.15, 0.2) is 5.78 Å². The van der Waals surface area contributed by atoms with Crippen LogP contribution in [0, 0.1) is 5.92 Å². The number of ether oxygens (including phenoxy) is 2. The summed E-state index contributed by atoms with van der Waals surface area (Å²) in [5.41, 5.74) is 0. The molecule has 3 N–H and O–H groups in total. The predicted octanol–water partition coefficient (Wildman–Crippen LogP) is -0.854. The molecule has 24 heavy (non-hydrogen) atoms. The van der Waals surface area contributed by atoms with E-state index in [9.17, 15) is 14.4 Å². The van der Waals surface area contributed by atoms with Crippen molar-refractivity contribution in [2.45, 2.75) is 20.3 Å². The molecule has 0 aliphatic carbocycles. The first kappa shape index (κ1) is 28.1. The quantitative estimate of drug-likeness (QED) is 0.279. The molecule has 0 aromatic heterocycles. The van der Waals surface area contributed by atoms with Crippen LogP contribution < -0.4 is 10.6 Å². The molecule has 0 aliphatic rings. The normalized spacial score (nSPS) is 9.54. The van der Waals surface area contributed by atoms with E-state index >= 15 is 0 Å². The summed E-state index contributed by atoms with van der Waals surface area (Å²) < 4.78 is 9.92. The van der Waals surface area contributed by atoms with Gasteiger partial charge in [0.25, 0.3) is 0 Å². The first-order valence-electron chi connectivity index (χ1n) is 7.63. The fraction of sp³-hybridized carbons (Fsp3) is 0.800. The van der Waals surface area contributed by atoms with Gasteiger partial charge in [0, 0.05) is 37.4 Å². The van der Waals surface area contributed by atoms with Gasteiger partial charge in [0.2, 0.25) is 5.91 Å². The van der Waals surface area contributed by atoms with Gasteiger partial charge in [0.05, 0.1) is 33.0 Å². The number of amides is 1. The maximum absolute atomic E-state index is 11.0. The third-order valence-corrected chi connectivity index (χ3v) is 2.48. The summed E-state index contributed by atoms with van der Waals surface area (Å²) in [6.07, 6.45) is 0.834. The summed E-state index contributed by atoms with van der Waals surface area (Å²) in [6.45, 7) is 5.91. The minimum atomic E-state index is -0.222. The third kappa shape index (κ3) is 23.5. The van der Waals surface area contributed by atoms with Crippen molar-refractivity contribution in [2.75, 3.05) is 53.2 Å². The molecule has 0 spiro atoms. The topological polar surface area (TPSA) is 114 Å². The van der Waals surface area contributed by atoms with Crippen molar-refractivity contribution < 1.29 is 47.5 Å². The van der Waals surface area contributed by atoms with Crippen LogP contribution in [0.5, 0.6) is 0 Å². The van der Waals surface area contributed by atoms with E-state index in [4.69, 9.17) is 14.6 Å². The number of nitrogens with one attached hydrogen (secondary N) is 2. The summed E-state index contributed by atoms with van der Waals surface area (Å²) in [7, 11) is 1.85. The summed E-state index contributed by atoms with van der Waals surface area (Å²) in [5.74, 6) is 0.0331. The Morgan fingerprint density at radius 1 is 1.17 bits per heavy atom. The first-order valence-corrected chi connectivity index (χ1v) is 7.63. The molecule has 0 atom stereocenters. The minimum Gasteiger partial charge on any atom is -0.394 e. The molecule has 0 rings (SSSR count). The van der Waals surface area contributed by atoms with Crippen LogP contribution >= 0.6 is 0 Å². The molecule has 1 amide bonds. The largest absolute Gasteiger partial charge is 0.394 e. The summed E-state index contributed by atoms with van der Waals surface area (Å²) in [4.78, 5) is 31.5. The van der Waals surface area contributed by atoms with Gasteiger partial charge in [-0.15, -0.1) is 0 Å². The molecule has 0 saturated heterocycles. The monoisotopic (exact) mass is 385 g/mol. The molecule has 0 aromatic carbocycles. The second-order valence-corrected chi connectivity index (χ2v) is 4.83. The van der Waals surface area contributed by atoms with Gasteiger partial charge in [-0.05, 0) is 7.05 Å². The molecule has 1 radical (unpaired) electrons. The van der Waals surface area contributed by atoms with Crippen LogP contribution in [-0.2, 0) is 42.4 Å². The van der Waals surface area contributed by atoms with Crippen LogP contribution in [0.2, 0.25) is 0 Å². The molecule has 0 aromatic rings. The number of aliphatic hydroxyl groups excluding tert-OH is 1. The Hall–Kier alpha value is -0.766. The number of likely N-dealkylation sites (N-methyl/N-ethyl adjacent to an activating group) is 1. The molecule has 0 saturated carbocycles. The van der Waals surface area contributed by atoms with Gasteiger partial charge in [-0.3, -0.25) is 9.59 Å². The Morgan fingerprint density at radius 2 is 1.83 bits per heavy atom. The second-order valence-electron chi connectivity index (χ2n) is 4.83. The first-order chi connectivity index (χ1) is 11.0. The molecule has 0 aliphatic heterocycles. The zero-order valence-corrected chi connectivity index (χ0v) is 16.1. The molecule has 0 bridgehead atoms. The molecule has 8 nitrogen and oxygen atoms in total. The zero-order valence-electron chi connectivity index (χ0n) is 14.7. The Kier molecular flexibility index (Phi) is 26.0. The van der Waals surface area contributed by atoms with Crippen LogP contribution in [0.25, 0.3) is 0 Å². The Labute approximate surface area is 155 Å². The average molecular weight is 385 g/mol. The molecule has 9 heteroatoms. The SMILES string of the molecule is CNCCOCC(=O)C(C)C.O=CCNC(=O)CCOCCO.[V]. The number of ketones is 1. The number of hydrogen-bond acceptors (Lipinski definition) is 7. The number of aldehydes is 1. The van der Waals surface area contributed by atoms with Gasteiger partial charge in [-0.25, -0.2) is 0 Å². The van der Waals surface area contributed by atoms with E-state index in [1.54, 1.807) is 0 Å². The maximum atomic E-state index is 11.0. The smallest absolute Gasteiger partial charge is 0.222 e. The molecular formula is C15H30N2O6V. The Morgan fingerprint density at radius 3 is 2.33 bits per heavy atom. The molecule has 141 valence electrons. The van der Waals surface area contributed by atoms with E-state index in [2.05, 4.69) is 10.6 Å². The Balaban J connectivity index is -0.000000354. The van der Waals surface area contributed by atoms with E-state index < -0.39 is 0 Å². The molecule has 0 fully saturated rings. The minimum absolute atomic E-state index is 0. The number of carbonyl (C=O) groups excluding carboxylic acids is 3. The second kappa shape index (κ2) is 22.2. The number of hydrogen-bond donors (Lipinski definition) is 3. The van der Waals surface area contributed by atoms with Crippen molar-refractivity contribution in [1.82, 2.24) is 10.6 Å². The molecular weight excluding hydrogens is 355 g/mol. The van der Waals surface area contributed by atoms with Crippen LogP contribution in [0.4, 0.5) is 0 Å². The summed E-state index contributed by atoms with van der Waals surface area (Å²) >= 11 is 0. The Bertz CT molecular complexity index is 316. The van der Waals surface area contributed by atoms with Crippen LogP contribution in [-0.4, -0.2) is 76.3 Å². The van der Waals surface area contributed by atoms with Gasteiger partial charge in [0.1, 0.15) is 12.9 Å². The van der Waals surface area contributed by atoms with Crippen molar-refractivity contribution in [3.63, 3.8) is 0 Å². The van der Waals surface area contributed by atoms with Crippen molar-refractivity contribution in [3.05, 3.63) is 0 Å². The van der Waals surface area contributed by atoms with Crippen molar-refractivity contribution in [3.8, 4) is 0 Å². The molecule has 0 heterocycles. The van der Waals surface area contributed by atoms with Crippen molar-refractivity contribution >= 4 is 18.0 Å². The van der Waals surface area contributed by atoms with E-state index in [1.807, 2.05) is 20.9 Å².